The summed E-state index contributed by atoms with van der Waals surface area (Å²) >= 11 is 0. The topological polar surface area (TPSA) is 59.1 Å². The van der Waals surface area contributed by atoms with E-state index in [4.69, 9.17) is 15.9 Å². The summed E-state index contributed by atoms with van der Waals surface area (Å²) in [4.78, 5) is 0. The zero-order valence-corrected chi connectivity index (χ0v) is 10.5. The molecule has 3 nitrogen and oxygen atoms in total. The first-order valence-electron chi connectivity index (χ1n) is 5.77. The highest BCUT2D eigenvalue weighted by Gasteiger charge is 2.34. The van der Waals surface area contributed by atoms with Crippen molar-refractivity contribution in [3.8, 4) is 11.5 Å². The van der Waals surface area contributed by atoms with Crippen molar-refractivity contribution in [2.24, 2.45) is 5.73 Å². The van der Waals surface area contributed by atoms with Gasteiger partial charge in [0, 0.05) is 5.56 Å². The zero-order valence-electron chi connectivity index (χ0n) is 10.5. The Morgan fingerprint density at radius 2 is 1.71 bits per heavy atom. The number of alkyl halides is 3. The molecule has 7 heteroatoms. The number of rotatable bonds is 3. The highest BCUT2D eigenvalue weighted by Crippen LogP contribution is 2.38. The minimum atomic E-state index is -4.60. The summed E-state index contributed by atoms with van der Waals surface area (Å²) in [5.74, 6) is -2.13. The molecule has 0 unspecified atom stereocenters. The number of hydrogen-bond donors (Lipinski definition) is 2. The maximum absolute atomic E-state index is 13.8. The van der Waals surface area contributed by atoms with Crippen LogP contribution in [-0.2, 0) is 6.18 Å². The number of nitrogens with two attached hydrogens (primary N) is 1. The fourth-order valence-corrected chi connectivity index (χ4v) is 1.66. The monoisotopic (exact) mass is 298 g/mol. The number of nitrogens with one attached hydrogen (secondary N) is 1. The summed E-state index contributed by atoms with van der Waals surface area (Å²) in [5.41, 5.74) is 4.31. The van der Waals surface area contributed by atoms with Crippen molar-refractivity contribution in [1.82, 2.24) is 0 Å². The summed E-state index contributed by atoms with van der Waals surface area (Å²) in [6.45, 7) is 0. The second-order valence-corrected chi connectivity index (χ2v) is 4.15. The third-order valence-corrected chi connectivity index (χ3v) is 2.66. The third kappa shape index (κ3) is 3.31. The van der Waals surface area contributed by atoms with Gasteiger partial charge in [0.1, 0.15) is 11.6 Å². The van der Waals surface area contributed by atoms with E-state index in [1.807, 2.05) is 0 Å². The molecule has 0 saturated heterocycles. The van der Waals surface area contributed by atoms with Crippen molar-refractivity contribution in [2.45, 2.75) is 6.18 Å². The van der Waals surface area contributed by atoms with Gasteiger partial charge >= 0.3 is 6.18 Å². The van der Waals surface area contributed by atoms with Crippen LogP contribution in [0.15, 0.2) is 42.5 Å². The first kappa shape index (κ1) is 14.8. The van der Waals surface area contributed by atoms with Crippen LogP contribution in [0.3, 0.4) is 0 Å². The molecule has 0 fully saturated rings. The molecule has 0 heterocycles. The number of halogens is 4. The average Bonchev–Trinajstić information content (AvgIpc) is 2.40. The van der Waals surface area contributed by atoms with Crippen LogP contribution < -0.4 is 10.5 Å². The Hall–Kier alpha value is -2.57. The van der Waals surface area contributed by atoms with Crippen molar-refractivity contribution < 1.29 is 22.3 Å². The zero-order chi connectivity index (χ0) is 15.6. The maximum Gasteiger partial charge on any atom is 0.419 e. The number of ether oxygens (including phenoxy) is 1. The molecule has 2 aromatic rings. The molecule has 0 aliphatic carbocycles. The Balaban J connectivity index is 2.38. The first-order chi connectivity index (χ1) is 9.79. The van der Waals surface area contributed by atoms with Gasteiger partial charge in [-0.2, -0.15) is 13.2 Å². The second kappa shape index (κ2) is 5.43. The van der Waals surface area contributed by atoms with E-state index in [1.165, 1.54) is 18.2 Å². The molecule has 0 aliphatic rings. The summed E-state index contributed by atoms with van der Waals surface area (Å²) in [6, 6.07) is 7.85. The standard InChI is InChI=1S/C14H10F4N2O/c15-10-7-8(13(19)20)5-6-12(10)21-11-4-2-1-3-9(11)14(16,17)18/h1-7H,(H3,19,20). The van der Waals surface area contributed by atoms with Crippen molar-refractivity contribution in [3.05, 3.63) is 59.4 Å². The van der Waals surface area contributed by atoms with Crippen LogP contribution >= 0.6 is 0 Å². The van der Waals surface area contributed by atoms with E-state index in [0.717, 1.165) is 24.3 Å². The Bertz CT molecular complexity index is 683. The van der Waals surface area contributed by atoms with Crippen LogP contribution in [0.2, 0.25) is 0 Å². The molecule has 0 saturated carbocycles. The fourth-order valence-electron chi connectivity index (χ4n) is 1.66. The van der Waals surface area contributed by atoms with Crippen molar-refractivity contribution in [3.63, 3.8) is 0 Å². The molecule has 0 atom stereocenters. The molecule has 2 rings (SSSR count). The minimum absolute atomic E-state index is 0.115. The lowest BCUT2D eigenvalue weighted by molar-refractivity contribution is -0.138. The number of para-hydroxylation sites is 1. The van der Waals surface area contributed by atoms with Crippen molar-refractivity contribution >= 4 is 5.84 Å². The van der Waals surface area contributed by atoms with E-state index in [9.17, 15) is 17.6 Å². The van der Waals surface area contributed by atoms with Gasteiger partial charge in [0.2, 0.25) is 0 Å². The minimum Gasteiger partial charge on any atom is -0.454 e. The van der Waals surface area contributed by atoms with Crippen LogP contribution in [-0.4, -0.2) is 5.84 Å². The molecule has 0 aliphatic heterocycles. The molecule has 0 spiro atoms. The van der Waals surface area contributed by atoms with Gasteiger partial charge in [-0.15, -0.1) is 0 Å². The van der Waals surface area contributed by atoms with Gasteiger partial charge < -0.3 is 10.5 Å². The number of benzene rings is 2. The van der Waals surface area contributed by atoms with E-state index in [2.05, 4.69) is 0 Å². The van der Waals surface area contributed by atoms with Gasteiger partial charge in [0.25, 0.3) is 0 Å². The van der Waals surface area contributed by atoms with Gasteiger partial charge in [-0.3, -0.25) is 5.41 Å². The fraction of sp³-hybridized carbons (Fsp3) is 0.0714. The lowest BCUT2D eigenvalue weighted by Crippen LogP contribution is -2.11. The molecular formula is C14H10F4N2O. The smallest absolute Gasteiger partial charge is 0.419 e. The molecule has 110 valence electrons. The number of hydrogen-bond acceptors (Lipinski definition) is 2. The first-order valence-corrected chi connectivity index (χ1v) is 5.77. The predicted octanol–water partition coefficient (Wildman–Crippen LogP) is 3.92. The average molecular weight is 298 g/mol. The molecule has 21 heavy (non-hydrogen) atoms. The van der Waals surface area contributed by atoms with E-state index in [-0.39, 0.29) is 17.1 Å². The Morgan fingerprint density at radius 1 is 1.05 bits per heavy atom. The van der Waals surface area contributed by atoms with Crippen LogP contribution in [0.5, 0.6) is 11.5 Å². The molecule has 0 amide bonds. The van der Waals surface area contributed by atoms with Crippen LogP contribution in [0, 0.1) is 11.2 Å². The van der Waals surface area contributed by atoms with E-state index in [0.29, 0.717) is 0 Å². The van der Waals surface area contributed by atoms with Crippen molar-refractivity contribution in [1.29, 1.82) is 5.41 Å². The normalized spacial score (nSPS) is 11.2. The highest BCUT2D eigenvalue weighted by molar-refractivity contribution is 5.95. The number of nitrogen functional groups attached to an aromatic ring is 1. The predicted molar refractivity (Wildman–Crippen MR) is 68.9 cm³/mol. The lowest BCUT2D eigenvalue weighted by atomic mass is 10.2. The Kier molecular flexibility index (Phi) is 3.84. The molecular weight excluding hydrogens is 288 g/mol. The lowest BCUT2D eigenvalue weighted by Gasteiger charge is -2.14. The van der Waals surface area contributed by atoms with Gasteiger partial charge in [-0.05, 0) is 30.3 Å². The highest BCUT2D eigenvalue weighted by atomic mass is 19.4. The summed E-state index contributed by atoms with van der Waals surface area (Å²) in [6.07, 6.45) is -4.60. The quantitative estimate of drug-likeness (QED) is 0.512. The van der Waals surface area contributed by atoms with E-state index >= 15 is 0 Å². The van der Waals surface area contributed by atoms with Gasteiger partial charge in [0.05, 0.1) is 5.56 Å². The summed E-state index contributed by atoms with van der Waals surface area (Å²) in [5, 5.41) is 7.16. The second-order valence-electron chi connectivity index (χ2n) is 4.15. The SMILES string of the molecule is N=C(N)c1ccc(Oc2ccccc2C(F)(F)F)c(F)c1. The van der Waals surface area contributed by atoms with Crippen molar-refractivity contribution in [2.75, 3.05) is 0 Å². The Labute approximate surface area is 117 Å². The summed E-state index contributed by atoms with van der Waals surface area (Å²) in [7, 11) is 0. The van der Waals surface area contributed by atoms with Gasteiger partial charge in [-0.1, -0.05) is 12.1 Å². The molecule has 0 radical (unpaired) electrons. The Morgan fingerprint density at radius 3 is 2.29 bits per heavy atom. The molecule has 0 bridgehead atoms. The number of amidine groups is 1. The largest absolute Gasteiger partial charge is 0.454 e. The van der Waals surface area contributed by atoms with Crippen LogP contribution in [0.25, 0.3) is 0 Å². The van der Waals surface area contributed by atoms with Crippen LogP contribution in [0.4, 0.5) is 17.6 Å². The molecule has 0 aromatic heterocycles. The molecule has 3 N–H and O–H groups in total. The van der Waals surface area contributed by atoms with E-state index < -0.39 is 23.3 Å². The van der Waals surface area contributed by atoms with Gasteiger partial charge in [0.15, 0.2) is 11.6 Å². The summed E-state index contributed by atoms with van der Waals surface area (Å²) < 4.78 is 57.2. The molecule has 2 aromatic carbocycles. The van der Waals surface area contributed by atoms with Gasteiger partial charge in [-0.25, -0.2) is 4.39 Å². The van der Waals surface area contributed by atoms with E-state index in [1.54, 1.807) is 0 Å². The maximum atomic E-state index is 13.8. The third-order valence-electron chi connectivity index (χ3n) is 2.66. The van der Waals surface area contributed by atoms with Crippen LogP contribution in [0.1, 0.15) is 11.1 Å².